The molecule has 0 aliphatic rings. The van der Waals surface area contributed by atoms with Gasteiger partial charge in [0, 0.05) is 20.2 Å². The topological polar surface area (TPSA) is 20.3 Å². The van der Waals surface area contributed by atoms with E-state index in [1.54, 1.807) is 13.2 Å². The third-order valence-electron chi connectivity index (χ3n) is 1.68. The minimum Gasteiger partial charge on any atom is -0.322 e. The number of hydrogen-bond acceptors (Lipinski definition) is 1. The maximum atomic E-state index is 10.7. The first-order valence-corrected chi connectivity index (χ1v) is 4.02. The standard InChI is InChI=1S/C11H12NO/c1-10(13)12(2)9-8-11-6-4-3-5-7-11/h3-9H,1H2,2H3. The second-order valence-electron chi connectivity index (χ2n) is 2.73. The molecule has 0 aromatic heterocycles. The molecule has 0 heterocycles. The summed E-state index contributed by atoms with van der Waals surface area (Å²) in [7, 11) is 1.68. The quantitative estimate of drug-likeness (QED) is 0.671. The van der Waals surface area contributed by atoms with Crippen LogP contribution in [0.4, 0.5) is 0 Å². The molecule has 0 N–H and O–H groups in total. The molecule has 0 spiro atoms. The molecule has 1 amide bonds. The maximum absolute atomic E-state index is 10.7. The summed E-state index contributed by atoms with van der Waals surface area (Å²) in [6.07, 6.45) is 3.56. The molecule has 0 saturated heterocycles. The van der Waals surface area contributed by atoms with Gasteiger partial charge >= 0.3 is 0 Å². The van der Waals surface area contributed by atoms with Crippen molar-refractivity contribution in [2.45, 2.75) is 0 Å². The van der Waals surface area contributed by atoms with Crippen molar-refractivity contribution in [1.29, 1.82) is 0 Å². The maximum Gasteiger partial charge on any atom is 0.226 e. The average Bonchev–Trinajstić information content (AvgIpc) is 2.15. The van der Waals surface area contributed by atoms with Gasteiger partial charge in [-0.05, 0) is 11.6 Å². The molecule has 2 nitrogen and oxygen atoms in total. The highest BCUT2D eigenvalue weighted by molar-refractivity contribution is 5.81. The van der Waals surface area contributed by atoms with Crippen molar-refractivity contribution < 1.29 is 4.79 Å². The minimum atomic E-state index is -0.216. The largest absolute Gasteiger partial charge is 0.322 e. The minimum absolute atomic E-state index is 0.216. The van der Waals surface area contributed by atoms with Gasteiger partial charge in [-0.25, -0.2) is 0 Å². The fraction of sp³-hybridized carbons (Fsp3) is 0.0909. The SMILES string of the molecule is [CH2]C(=O)N(C)C=Cc1ccccc1. The molecule has 0 bridgehead atoms. The number of amides is 1. The summed E-state index contributed by atoms with van der Waals surface area (Å²) in [5.41, 5.74) is 1.07. The molecule has 1 aromatic carbocycles. The van der Waals surface area contributed by atoms with Gasteiger partial charge in [0.2, 0.25) is 5.91 Å². The molecule has 67 valence electrons. The van der Waals surface area contributed by atoms with E-state index >= 15 is 0 Å². The third kappa shape index (κ3) is 3.11. The van der Waals surface area contributed by atoms with Crippen LogP contribution in [0.3, 0.4) is 0 Å². The fourth-order valence-corrected chi connectivity index (χ4v) is 0.845. The lowest BCUT2D eigenvalue weighted by atomic mass is 10.2. The first kappa shape index (κ1) is 9.52. The van der Waals surface area contributed by atoms with E-state index < -0.39 is 0 Å². The van der Waals surface area contributed by atoms with Crippen LogP contribution in [0.25, 0.3) is 6.08 Å². The molecular weight excluding hydrogens is 162 g/mol. The van der Waals surface area contributed by atoms with Gasteiger partial charge in [-0.15, -0.1) is 0 Å². The molecule has 1 radical (unpaired) electrons. The lowest BCUT2D eigenvalue weighted by molar-refractivity contribution is -0.122. The van der Waals surface area contributed by atoms with E-state index in [0.717, 1.165) is 5.56 Å². The highest BCUT2D eigenvalue weighted by Gasteiger charge is 1.94. The molecule has 0 aliphatic heterocycles. The molecule has 0 fully saturated rings. The van der Waals surface area contributed by atoms with E-state index in [2.05, 4.69) is 6.92 Å². The number of nitrogens with zero attached hydrogens (tertiary/aromatic N) is 1. The average molecular weight is 174 g/mol. The second-order valence-corrected chi connectivity index (χ2v) is 2.73. The van der Waals surface area contributed by atoms with E-state index in [4.69, 9.17) is 0 Å². The Hall–Kier alpha value is -1.57. The normalized spacial score (nSPS) is 10.3. The lowest BCUT2D eigenvalue weighted by Crippen LogP contribution is -2.16. The fourth-order valence-electron chi connectivity index (χ4n) is 0.845. The molecular formula is C11H12NO. The summed E-state index contributed by atoms with van der Waals surface area (Å²) in [5.74, 6) is -0.216. The molecule has 0 unspecified atom stereocenters. The van der Waals surface area contributed by atoms with Crippen molar-refractivity contribution in [3.8, 4) is 0 Å². The summed E-state index contributed by atoms with van der Waals surface area (Å²) in [6.45, 7) is 3.29. The molecule has 1 rings (SSSR count). The Labute approximate surface area is 78.5 Å². The highest BCUT2D eigenvalue weighted by atomic mass is 16.2. The Morgan fingerprint density at radius 3 is 2.54 bits per heavy atom. The van der Waals surface area contributed by atoms with Gasteiger partial charge < -0.3 is 4.90 Å². The van der Waals surface area contributed by atoms with Gasteiger partial charge in [0.15, 0.2) is 0 Å². The van der Waals surface area contributed by atoms with Crippen molar-refractivity contribution in [3.63, 3.8) is 0 Å². The number of hydrogen-bond donors (Lipinski definition) is 0. The summed E-state index contributed by atoms with van der Waals surface area (Å²) in [6, 6.07) is 9.79. The van der Waals surface area contributed by atoms with Gasteiger partial charge in [-0.2, -0.15) is 0 Å². The molecule has 0 atom stereocenters. The van der Waals surface area contributed by atoms with Gasteiger partial charge in [0.05, 0.1) is 0 Å². The van der Waals surface area contributed by atoms with E-state index in [0.29, 0.717) is 0 Å². The van der Waals surface area contributed by atoms with Crippen molar-refractivity contribution >= 4 is 12.0 Å². The van der Waals surface area contributed by atoms with E-state index in [-0.39, 0.29) is 5.91 Å². The second kappa shape index (κ2) is 4.45. The molecule has 13 heavy (non-hydrogen) atoms. The van der Waals surface area contributed by atoms with Crippen LogP contribution in [0.1, 0.15) is 5.56 Å². The summed E-state index contributed by atoms with van der Waals surface area (Å²) in [4.78, 5) is 12.2. The number of carbonyl (C=O) groups is 1. The van der Waals surface area contributed by atoms with Crippen LogP contribution < -0.4 is 0 Å². The Bertz CT molecular complexity index is 303. The van der Waals surface area contributed by atoms with Crippen molar-refractivity contribution in [1.82, 2.24) is 4.90 Å². The van der Waals surface area contributed by atoms with Crippen LogP contribution in [0.2, 0.25) is 0 Å². The van der Waals surface area contributed by atoms with Crippen LogP contribution in [0.15, 0.2) is 36.5 Å². The molecule has 2 heteroatoms. The molecule has 0 aliphatic carbocycles. The van der Waals surface area contributed by atoms with Crippen LogP contribution in [0.5, 0.6) is 0 Å². The van der Waals surface area contributed by atoms with Crippen molar-refractivity contribution in [2.24, 2.45) is 0 Å². The Balaban J connectivity index is 2.64. The van der Waals surface area contributed by atoms with Crippen LogP contribution >= 0.6 is 0 Å². The zero-order chi connectivity index (χ0) is 9.68. The monoisotopic (exact) mass is 174 g/mol. The highest BCUT2D eigenvalue weighted by Crippen LogP contribution is 2.01. The van der Waals surface area contributed by atoms with E-state index in [1.807, 2.05) is 36.4 Å². The summed E-state index contributed by atoms with van der Waals surface area (Å²) in [5, 5.41) is 0. The van der Waals surface area contributed by atoms with Gasteiger partial charge in [-0.3, -0.25) is 4.79 Å². The summed E-state index contributed by atoms with van der Waals surface area (Å²) < 4.78 is 0. The smallest absolute Gasteiger partial charge is 0.226 e. The van der Waals surface area contributed by atoms with E-state index in [1.165, 1.54) is 4.90 Å². The third-order valence-corrected chi connectivity index (χ3v) is 1.68. The number of carbonyl (C=O) groups excluding carboxylic acids is 1. The first-order chi connectivity index (χ1) is 6.20. The van der Waals surface area contributed by atoms with Crippen molar-refractivity contribution in [3.05, 3.63) is 49.0 Å². The van der Waals surface area contributed by atoms with Crippen LogP contribution in [-0.4, -0.2) is 17.9 Å². The van der Waals surface area contributed by atoms with Crippen LogP contribution in [0, 0.1) is 6.92 Å². The summed E-state index contributed by atoms with van der Waals surface area (Å²) >= 11 is 0. The molecule has 1 aromatic rings. The van der Waals surface area contributed by atoms with Crippen molar-refractivity contribution in [2.75, 3.05) is 7.05 Å². The Morgan fingerprint density at radius 2 is 2.00 bits per heavy atom. The van der Waals surface area contributed by atoms with Crippen LogP contribution in [-0.2, 0) is 4.79 Å². The number of rotatable bonds is 2. The van der Waals surface area contributed by atoms with Gasteiger partial charge in [0.25, 0.3) is 0 Å². The predicted molar refractivity (Wildman–Crippen MR) is 53.6 cm³/mol. The van der Waals surface area contributed by atoms with Gasteiger partial charge in [-0.1, -0.05) is 30.3 Å². The first-order valence-electron chi connectivity index (χ1n) is 4.02. The zero-order valence-electron chi connectivity index (χ0n) is 7.60. The van der Waals surface area contributed by atoms with Gasteiger partial charge in [0.1, 0.15) is 0 Å². The Morgan fingerprint density at radius 1 is 1.38 bits per heavy atom. The lowest BCUT2D eigenvalue weighted by Gasteiger charge is -2.06. The molecule has 0 saturated carbocycles. The Kier molecular flexibility index (Phi) is 3.26. The van der Waals surface area contributed by atoms with E-state index in [9.17, 15) is 4.79 Å². The predicted octanol–water partition coefficient (Wildman–Crippen LogP) is 1.95. The zero-order valence-corrected chi connectivity index (χ0v) is 7.60. The number of benzene rings is 1.